The van der Waals surface area contributed by atoms with Crippen molar-refractivity contribution in [2.75, 3.05) is 7.05 Å². The fraction of sp³-hybridized carbons (Fsp3) is 0.400. The van der Waals surface area contributed by atoms with E-state index >= 15 is 0 Å². The molecule has 4 heteroatoms. The Morgan fingerprint density at radius 3 is 2.57 bits per heavy atom. The van der Waals surface area contributed by atoms with E-state index in [-0.39, 0.29) is 5.91 Å². The lowest BCUT2D eigenvalue weighted by atomic mass is 9.73. The van der Waals surface area contributed by atoms with Gasteiger partial charge in [0.2, 0.25) is 11.8 Å². The molecule has 0 saturated carbocycles. The first-order chi connectivity index (χ1) is 6.52. The van der Waals surface area contributed by atoms with Crippen molar-refractivity contribution in [2.45, 2.75) is 6.92 Å². The quantitative estimate of drug-likeness (QED) is 0.647. The van der Waals surface area contributed by atoms with E-state index in [1.807, 2.05) is 0 Å². The van der Waals surface area contributed by atoms with Crippen LogP contribution in [0.1, 0.15) is 6.92 Å². The molecule has 0 bridgehead atoms. The van der Waals surface area contributed by atoms with E-state index in [0.717, 1.165) is 0 Å². The van der Waals surface area contributed by atoms with E-state index < -0.39 is 17.2 Å². The van der Waals surface area contributed by atoms with Crippen LogP contribution in [0.4, 0.5) is 0 Å². The first kappa shape index (κ1) is 10.5. The Morgan fingerprint density at radius 2 is 2.07 bits per heavy atom. The molecule has 0 heterocycles. The molecule has 3 N–H and O–H groups in total. The van der Waals surface area contributed by atoms with Crippen LogP contribution in [0.2, 0.25) is 0 Å². The maximum absolute atomic E-state index is 11.5. The van der Waals surface area contributed by atoms with Gasteiger partial charge in [0.15, 0.2) is 0 Å². The molecule has 2 atom stereocenters. The van der Waals surface area contributed by atoms with Crippen LogP contribution in [0.5, 0.6) is 0 Å². The van der Waals surface area contributed by atoms with Crippen LogP contribution < -0.4 is 11.1 Å². The van der Waals surface area contributed by atoms with Crippen LogP contribution in [-0.2, 0) is 9.59 Å². The number of hydrogen-bond acceptors (Lipinski definition) is 2. The molecule has 0 radical (unpaired) electrons. The minimum absolute atomic E-state index is 0.202. The largest absolute Gasteiger partial charge is 0.369 e. The van der Waals surface area contributed by atoms with Gasteiger partial charge in [-0.05, 0) is 6.92 Å². The minimum atomic E-state index is -0.922. The van der Waals surface area contributed by atoms with Gasteiger partial charge in [-0.3, -0.25) is 9.59 Å². The topological polar surface area (TPSA) is 72.2 Å². The predicted octanol–water partition coefficient (Wildman–Crippen LogP) is -0.0338. The molecule has 2 unspecified atom stereocenters. The van der Waals surface area contributed by atoms with Gasteiger partial charge in [-0.1, -0.05) is 24.3 Å². The summed E-state index contributed by atoms with van der Waals surface area (Å²) >= 11 is 0. The zero-order valence-corrected chi connectivity index (χ0v) is 8.28. The van der Waals surface area contributed by atoms with Crippen molar-refractivity contribution in [1.29, 1.82) is 0 Å². The minimum Gasteiger partial charge on any atom is -0.369 e. The van der Waals surface area contributed by atoms with E-state index in [1.165, 1.54) is 7.05 Å². The average Bonchev–Trinajstić information content (AvgIpc) is 2.17. The summed E-state index contributed by atoms with van der Waals surface area (Å²) in [7, 11) is 1.54. The maximum Gasteiger partial charge on any atom is 0.228 e. The van der Waals surface area contributed by atoms with Gasteiger partial charge in [-0.25, -0.2) is 0 Å². The Bertz CT molecular complexity index is 320. The lowest BCUT2D eigenvalue weighted by molar-refractivity contribution is -0.134. The Labute approximate surface area is 82.9 Å². The fourth-order valence-corrected chi connectivity index (χ4v) is 1.48. The van der Waals surface area contributed by atoms with Crippen LogP contribution in [0.3, 0.4) is 0 Å². The van der Waals surface area contributed by atoms with Crippen molar-refractivity contribution < 1.29 is 9.59 Å². The van der Waals surface area contributed by atoms with Crippen molar-refractivity contribution in [1.82, 2.24) is 5.32 Å². The van der Waals surface area contributed by atoms with Crippen molar-refractivity contribution in [3.63, 3.8) is 0 Å². The van der Waals surface area contributed by atoms with Crippen LogP contribution in [0.15, 0.2) is 24.3 Å². The van der Waals surface area contributed by atoms with Crippen molar-refractivity contribution in [3.05, 3.63) is 24.3 Å². The van der Waals surface area contributed by atoms with Gasteiger partial charge < -0.3 is 11.1 Å². The number of carbonyl (C=O) groups excluding carboxylic acids is 2. The fourth-order valence-electron chi connectivity index (χ4n) is 1.48. The van der Waals surface area contributed by atoms with E-state index in [2.05, 4.69) is 5.32 Å². The lowest BCUT2D eigenvalue weighted by Gasteiger charge is -2.30. The molecule has 0 fully saturated rings. The van der Waals surface area contributed by atoms with Crippen LogP contribution in [0.25, 0.3) is 0 Å². The normalized spacial score (nSPS) is 30.0. The molecule has 4 nitrogen and oxygen atoms in total. The zero-order valence-electron chi connectivity index (χ0n) is 8.28. The highest BCUT2D eigenvalue weighted by Gasteiger charge is 2.41. The smallest absolute Gasteiger partial charge is 0.228 e. The van der Waals surface area contributed by atoms with Gasteiger partial charge in [0.25, 0.3) is 0 Å². The summed E-state index contributed by atoms with van der Waals surface area (Å²) < 4.78 is 0. The molecular weight excluding hydrogens is 180 g/mol. The van der Waals surface area contributed by atoms with Gasteiger partial charge >= 0.3 is 0 Å². The molecule has 14 heavy (non-hydrogen) atoms. The maximum atomic E-state index is 11.5. The standard InChI is InChI=1S/C10H14N2O2/c1-10(9(11)14)6-4-3-5-7(10)8(13)12-2/h3-7H,1-2H3,(H2,11,14)(H,12,13). The van der Waals surface area contributed by atoms with Gasteiger partial charge in [-0.2, -0.15) is 0 Å². The third kappa shape index (κ3) is 1.55. The SMILES string of the molecule is CNC(=O)C1C=CC=CC1(C)C(N)=O. The first-order valence-corrected chi connectivity index (χ1v) is 4.40. The monoisotopic (exact) mass is 194 g/mol. The molecule has 1 rings (SSSR count). The van der Waals surface area contributed by atoms with Crippen molar-refractivity contribution >= 4 is 11.8 Å². The Balaban J connectivity index is 3.04. The third-order valence-electron chi connectivity index (χ3n) is 2.56. The number of amides is 2. The summed E-state index contributed by atoms with van der Waals surface area (Å²) in [6, 6.07) is 0. The van der Waals surface area contributed by atoms with Gasteiger partial charge in [0.05, 0.1) is 11.3 Å². The second-order valence-corrected chi connectivity index (χ2v) is 3.48. The Hall–Kier alpha value is -1.58. The number of nitrogens with two attached hydrogens (primary N) is 1. The summed E-state index contributed by atoms with van der Waals surface area (Å²) in [5.74, 6) is -1.21. The first-order valence-electron chi connectivity index (χ1n) is 4.40. The number of allylic oxidation sites excluding steroid dienone is 2. The highest BCUT2D eigenvalue weighted by atomic mass is 16.2. The van der Waals surface area contributed by atoms with Crippen molar-refractivity contribution in [3.8, 4) is 0 Å². The zero-order chi connectivity index (χ0) is 10.8. The number of nitrogens with one attached hydrogen (secondary N) is 1. The Kier molecular flexibility index (Phi) is 2.74. The average molecular weight is 194 g/mol. The van der Waals surface area contributed by atoms with E-state index in [9.17, 15) is 9.59 Å². The van der Waals surface area contributed by atoms with Crippen LogP contribution in [0, 0.1) is 11.3 Å². The molecule has 0 aromatic heterocycles. The van der Waals surface area contributed by atoms with E-state index in [1.54, 1.807) is 31.2 Å². The van der Waals surface area contributed by atoms with Gasteiger partial charge in [-0.15, -0.1) is 0 Å². The second kappa shape index (κ2) is 3.65. The molecule has 0 saturated heterocycles. The third-order valence-corrected chi connectivity index (χ3v) is 2.56. The van der Waals surface area contributed by atoms with Gasteiger partial charge in [0.1, 0.15) is 0 Å². The lowest BCUT2D eigenvalue weighted by Crippen LogP contribution is -2.45. The van der Waals surface area contributed by atoms with Crippen molar-refractivity contribution in [2.24, 2.45) is 17.1 Å². The number of carbonyl (C=O) groups is 2. The molecule has 76 valence electrons. The molecule has 0 spiro atoms. The number of hydrogen-bond donors (Lipinski definition) is 2. The Morgan fingerprint density at radius 1 is 1.43 bits per heavy atom. The summed E-state index contributed by atoms with van der Waals surface area (Å²) in [4.78, 5) is 22.7. The molecule has 1 aliphatic rings. The number of rotatable bonds is 2. The summed E-state index contributed by atoms with van der Waals surface area (Å²) in [5.41, 5.74) is 4.36. The molecule has 0 aliphatic heterocycles. The van der Waals surface area contributed by atoms with Crippen LogP contribution >= 0.6 is 0 Å². The molecule has 1 aliphatic carbocycles. The highest BCUT2D eigenvalue weighted by molar-refractivity contribution is 5.92. The molecule has 0 aromatic carbocycles. The molecule has 0 aromatic rings. The van der Waals surface area contributed by atoms with Crippen LogP contribution in [-0.4, -0.2) is 18.9 Å². The summed E-state index contributed by atoms with van der Waals surface area (Å²) in [6.07, 6.45) is 6.81. The van der Waals surface area contributed by atoms with E-state index in [0.29, 0.717) is 0 Å². The summed E-state index contributed by atoms with van der Waals surface area (Å²) in [5, 5.41) is 2.51. The molecular formula is C10H14N2O2. The number of primary amides is 1. The second-order valence-electron chi connectivity index (χ2n) is 3.48. The molecule has 2 amide bonds. The van der Waals surface area contributed by atoms with Gasteiger partial charge in [0, 0.05) is 7.05 Å². The predicted molar refractivity (Wildman–Crippen MR) is 53.1 cm³/mol. The summed E-state index contributed by atoms with van der Waals surface area (Å²) in [6.45, 7) is 1.66. The van der Waals surface area contributed by atoms with E-state index in [4.69, 9.17) is 5.73 Å². The highest BCUT2D eigenvalue weighted by Crippen LogP contribution is 2.32.